The zero-order chi connectivity index (χ0) is 11.6. The molecule has 0 bridgehead atoms. The third kappa shape index (κ3) is 3.33. The normalized spacial score (nSPS) is 11.3. The van der Waals surface area contributed by atoms with Crippen molar-refractivity contribution < 1.29 is 33.1 Å². The first-order valence-corrected chi connectivity index (χ1v) is 3.74. The number of hydrogen-bond donors (Lipinski definition) is 3. The van der Waals surface area contributed by atoms with Gasteiger partial charge in [0, 0.05) is 0 Å². The fraction of sp³-hybridized carbons (Fsp3) is 0.143. The minimum atomic E-state index is -4.95. The van der Waals surface area contributed by atoms with Crippen molar-refractivity contribution in [3.8, 4) is 11.5 Å². The maximum absolute atomic E-state index is 11.8. The van der Waals surface area contributed by atoms with Gasteiger partial charge in [0.05, 0.1) is 0 Å². The molecule has 1 aromatic rings. The first kappa shape index (κ1) is 11.7. The molecule has 3 N–H and O–H groups in total. The van der Waals surface area contributed by atoms with E-state index in [1.807, 2.05) is 0 Å². The SMILES string of the molecule is OB(O)c1ccc(O)c(OC(F)(F)F)c1. The Morgan fingerprint density at radius 2 is 1.80 bits per heavy atom. The van der Waals surface area contributed by atoms with Crippen molar-refractivity contribution in [2.24, 2.45) is 0 Å². The molecule has 0 aromatic heterocycles. The number of ether oxygens (including phenoxy) is 1. The molecule has 0 aliphatic heterocycles. The molecule has 1 aromatic carbocycles. The quantitative estimate of drug-likeness (QED) is 0.614. The smallest absolute Gasteiger partial charge is 0.504 e. The summed E-state index contributed by atoms with van der Waals surface area (Å²) in [5, 5.41) is 26.3. The van der Waals surface area contributed by atoms with Gasteiger partial charge in [-0.1, -0.05) is 6.07 Å². The van der Waals surface area contributed by atoms with Gasteiger partial charge in [-0.25, -0.2) is 0 Å². The summed E-state index contributed by atoms with van der Waals surface area (Å²) < 4.78 is 38.8. The summed E-state index contributed by atoms with van der Waals surface area (Å²) in [6.07, 6.45) is -4.95. The number of halogens is 3. The number of phenolic OH excluding ortho intramolecular Hbond substituents is 1. The predicted molar refractivity (Wildman–Crippen MR) is 44.6 cm³/mol. The van der Waals surface area contributed by atoms with Gasteiger partial charge in [0.2, 0.25) is 0 Å². The highest BCUT2D eigenvalue weighted by atomic mass is 19.4. The summed E-state index contributed by atoms with van der Waals surface area (Å²) in [6.45, 7) is 0. The van der Waals surface area contributed by atoms with E-state index >= 15 is 0 Å². The lowest BCUT2D eigenvalue weighted by Crippen LogP contribution is -2.30. The fourth-order valence-electron chi connectivity index (χ4n) is 0.898. The molecular formula is C7H6BF3O4. The maximum atomic E-state index is 11.8. The average Bonchev–Trinajstić information content (AvgIpc) is 2.06. The molecule has 0 atom stereocenters. The summed E-state index contributed by atoms with van der Waals surface area (Å²) in [5.74, 6) is -1.62. The molecule has 0 amide bonds. The molecular weight excluding hydrogens is 216 g/mol. The highest BCUT2D eigenvalue weighted by Crippen LogP contribution is 2.29. The fourth-order valence-corrected chi connectivity index (χ4v) is 0.898. The Labute approximate surface area is 82.7 Å². The van der Waals surface area contributed by atoms with Gasteiger partial charge in [-0.05, 0) is 17.6 Å². The Morgan fingerprint density at radius 1 is 1.20 bits per heavy atom. The Balaban J connectivity index is 3.01. The van der Waals surface area contributed by atoms with E-state index in [0.29, 0.717) is 6.07 Å². The first-order valence-electron chi connectivity index (χ1n) is 3.74. The Morgan fingerprint density at radius 3 is 2.27 bits per heavy atom. The predicted octanol–water partition coefficient (Wildman–Crippen LogP) is -0.0294. The molecule has 0 spiro atoms. The monoisotopic (exact) mass is 222 g/mol. The zero-order valence-electron chi connectivity index (χ0n) is 7.19. The molecule has 0 saturated carbocycles. The van der Waals surface area contributed by atoms with Crippen molar-refractivity contribution in [3.63, 3.8) is 0 Å². The summed E-state index contributed by atoms with van der Waals surface area (Å²) >= 11 is 0. The minimum Gasteiger partial charge on any atom is -0.504 e. The van der Waals surface area contributed by atoms with E-state index in [0.717, 1.165) is 12.1 Å². The third-order valence-electron chi connectivity index (χ3n) is 1.51. The number of hydrogen-bond acceptors (Lipinski definition) is 4. The maximum Gasteiger partial charge on any atom is 0.573 e. The van der Waals surface area contributed by atoms with Crippen LogP contribution < -0.4 is 10.2 Å². The number of phenols is 1. The van der Waals surface area contributed by atoms with E-state index in [-0.39, 0.29) is 5.46 Å². The largest absolute Gasteiger partial charge is 0.573 e. The molecule has 0 saturated heterocycles. The van der Waals surface area contributed by atoms with Crippen LogP contribution in [0.4, 0.5) is 13.2 Å². The summed E-state index contributed by atoms with van der Waals surface area (Å²) in [6, 6.07) is 2.62. The molecule has 0 aliphatic rings. The molecule has 4 nitrogen and oxygen atoms in total. The molecule has 0 fully saturated rings. The van der Waals surface area contributed by atoms with Crippen molar-refractivity contribution >= 4 is 12.6 Å². The number of benzene rings is 1. The van der Waals surface area contributed by atoms with Crippen molar-refractivity contribution in [2.75, 3.05) is 0 Å². The van der Waals surface area contributed by atoms with E-state index in [4.69, 9.17) is 15.2 Å². The second-order valence-electron chi connectivity index (χ2n) is 2.65. The van der Waals surface area contributed by atoms with Gasteiger partial charge < -0.3 is 19.9 Å². The van der Waals surface area contributed by atoms with E-state index in [9.17, 15) is 13.2 Å². The average molecular weight is 222 g/mol. The molecule has 0 unspecified atom stereocenters. The van der Waals surface area contributed by atoms with E-state index in [1.165, 1.54) is 0 Å². The van der Waals surface area contributed by atoms with Gasteiger partial charge in [0.25, 0.3) is 0 Å². The van der Waals surface area contributed by atoms with Crippen LogP contribution in [-0.2, 0) is 0 Å². The number of aromatic hydroxyl groups is 1. The first-order chi connectivity index (χ1) is 6.79. The standard InChI is InChI=1S/C7H6BF3O4/c9-7(10,11)15-6-3-4(8(13)14)1-2-5(6)12/h1-3,12-14H. The van der Waals surface area contributed by atoms with Crippen molar-refractivity contribution in [1.29, 1.82) is 0 Å². The lowest BCUT2D eigenvalue weighted by atomic mass is 9.80. The highest BCUT2D eigenvalue weighted by molar-refractivity contribution is 6.58. The third-order valence-corrected chi connectivity index (χ3v) is 1.51. The van der Waals surface area contributed by atoms with Gasteiger partial charge in [-0.2, -0.15) is 0 Å². The minimum absolute atomic E-state index is 0.216. The topological polar surface area (TPSA) is 69.9 Å². The van der Waals surface area contributed by atoms with Gasteiger partial charge in [0.15, 0.2) is 11.5 Å². The number of alkyl halides is 3. The number of rotatable bonds is 2. The Kier molecular flexibility index (Phi) is 3.11. The molecule has 82 valence electrons. The van der Waals surface area contributed by atoms with Gasteiger partial charge >= 0.3 is 13.5 Å². The molecule has 8 heteroatoms. The van der Waals surface area contributed by atoms with E-state index < -0.39 is 25.0 Å². The van der Waals surface area contributed by atoms with Crippen LogP contribution in [0, 0.1) is 0 Å². The molecule has 0 heterocycles. The lowest BCUT2D eigenvalue weighted by Gasteiger charge is -2.11. The van der Waals surface area contributed by atoms with Crippen LogP contribution >= 0.6 is 0 Å². The zero-order valence-corrected chi connectivity index (χ0v) is 7.19. The van der Waals surface area contributed by atoms with Gasteiger partial charge in [-0.15, -0.1) is 13.2 Å². The van der Waals surface area contributed by atoms with Crippen LogP contribution in [0.3, 0.4) is 0 Å². The highest BCUT2D eigenvalue weighted by Gasteiger charge is 2.32. The molecule has 0 aliphatic carbocycles. The molecule has 0 radical (unpaired) electrons. The van der Waals surface area contributed by atoms with Crippen LogP contribution in [-0.4, -0.2) is 28.6 Å². The van der Waals surface area contributed by atoms with Crippen LogP contribution in [0.2, 0.25) is 0 Å². The van der Waals surface area contributed by atoms with E-state index in [2.05, 4.69) is 4.74 Å². The van der Waals surface area contributed by atoms with Gasteiger partial charge in [0.1, 0.15) is 0 Å². The molecule has 15 heavy (non-hydrogen) atoms. The van der Waals surface area contributed by atoms with Crippen molar-refractivity contribution in [3.05, 3.63) is 18.2 Å². The summed E-state index contributed by atoms with van der Waals surface area (Å²) in [7, 11) is -1.93. The summed E-state index contributed by atoms with van der Waals surface area (Å²) in [5.41, 5.74) is -0.216. The van der Waals surface area contributed by atoms with Gasteiger partial charge in [-0.3, -0.25) is 0 Å². The second kappa shape index (κ2) is 3.99. The summed E-state index contributed by atoms with van der Waals surface area (Å²) in [4.78, 5) is 0. The van der Waals surface area contributed by atoms with Crippen LogP contribution in [0.5, 0.6) is 11.5 Å². The van der Waals surface area contributed by atoms with Crippen LogP contribution in [0.15, 0.2) is 18.2 Å². The van der Waals surface area contributed by atoms with Crippen molar-refractivity contribution in [1.82, 2.24) is 0 Å². The van der Waals surface area contributed by atoms with Crippen molar-refractivity contribution in [2.45, 2.75) is 6.36 Å². The van der Waals surface area contributed by atoms with Crippen LogP contribution in [0.25, 0.3) is 0 Å². The van der Waals surface area contributed by atoms with E-state index in [1.54, 1.807) is 0 Å². The molecule has 1 rings (SSSR count). The Hall–Kier alpha value is -1.41. The second-order valence-corrected chi connectivity index (χ2v) is 2.65. The van der Waals surface area contributed by atoms with Crippen LogP contribution in [0.1, 0.15) is 0 Å². The Bertz CT molecular complexity index is 353. The lowest BCUT2D eigenvalue weighted by molar-refractivity contribution is -0.275.